The number of anilines is 1. The van der Waals surface area contributed by atoms with Gasteiger partial charge in [0, 0.05) is 45.3 Å². The molecule has 0 aliphatic carbocycles. The van der Waals surface area contributed by atoms with Crippen molar-refractivity contribution in [2.75, 3.05) is 37.6 Å². The van der Waals surface area contributed by atoms with Gasteiger partial charge in [-0.05, 0) is 30.2 Å². The van der Waals surface area contributed by atoms with Crippen LogP contribution in [0.2, 0.25) is 0 Å². The van der Waals surface area contributed by atoms with E-state index in [-0.39, 0.29) is 18.4 Å². The zero-order valence-corrected chi connectivity index (χ0v) is 16.1. The van der Waals surface area contributed by atoms with Crippen molar-refractivity contribution in [2.45, 2.75) is 20.4 Å². The van der Waals surface area contributed by atoms with Crippen molar-refractivity contribution < 1.29 is 9.59 Å². The minimum atomic E-state index is -0.0781. The number of carbonyl (C=O) groups excluding carboxylic acids is 2. The summed E-state index contributed by atoms with van der Waals surface area (Å²) < 4.78 is 0. The van der Waals surface area contributed by atoms with Gasteiger partial charge < -0.3 is 14.7 Å². The highest BCUT2D eigenvalue weighted by atomic mass is 16.2. The van der Waals surface area contributed by atoms with Gasteiger partial charge in [-0.25, -0.2) is 0 Å². The molecule has 27 heavy (non-hydrogen) atoms. The smallest absolute Gasteiger partial charge is 0.242 e. The Morgan fingerprint density at radius 3 is 2.30 bits per heavy atom. The van der Waals surface area contributed by atoms with E-state index < -0.39 is 0 Å². The van der Waals surface area contributed by atoms with Gasteiger partial charge in [0.15, 0.2) is 0 Å². The average Bonchev–Trinajstić information content (AvgIpc) is 2.68. The van der Waals surface area contributed by atoms with Gasteiger partial charge in [0.1, 0.15) is 6.54 Å². The topological polar surface area (TPSA) is 43.9 Å². The molecule has 0 unspecified atom stereocenters. The number of hydrogen-bond donors (Lipinski definition) is 0. The molecule has 0 saturated carbocycles. The van der Waals surface area contributed by atoms with Crippen molar-refractivity contribution in [3.63, 3.8) is 0 Å². The van der Waals surface area contributed by atoms with Gasteiger partial charge in [-0.3, -0.25) is 9.59 Å². The summed E-state index contributed by atoms with van der Waals surface area (Å²) in [6.45, 7) is 7.20. The lowest BCUT2D eigenvalue weighted by Crippen LogP contribution is -2.51. The summed E-state index contributed by atoms with van der Waals surface area (Å²) in [7, 11) is 0. The lowest BCUT2D eigenvalue weighted by molar-refractivity contribution is -0.140. The largest absolute Gasteiger partial charge is 0.368 e. The first-order valence-electron chi connectivity index (χ1n) is 9.42. The molecule has 0 N–H and O–H groups in total. The fraction of sp³-hybridized carbons (Fsp3) is 0.364. The molecule has 1 fully saturated rings. The van der Waals surface area contributed by atoms with Gasteiger partial charge >= 0.3 is 0 Å². The predicted octanol–water partition coefficient (Wildman–Crippen LogP) is 2.69. The van der Waals surface area contributed by atoms with E-state index in [2.05, 4.69) is 36.1 Å². The number of carbonyl (C=O) groups is 2. The molecule has 2 amide bonds. The average molecular weight is 365 g/mol. The summed E-state index contributed by atoms with van der Waals surface area (Å²) in [6.07, 6.45) is 0. The first-order valence-corrected chi connectivity index (χ1v) is 9.42. The zero-order valence-electron chi connectivity index (χ0n) is 16.1. The first-order chi connectivity index (χ1) is 13.0. The monoisotopic (exact) mass is 365 g/mol. The second-order valence-corrected chi connectivity index (χ2v) is 7.07. The number of nitrogens with zero attached hydrogens (tertiary/aromatic N) is 3. The van der Waals surface area contributed by atoms with Gasteiger partial charge in [-0.2, -0.15) is 0 Å². The molecule has 0 atom stereocenters. The van der Waals surface area contributed by atoms with Crippen molar-refractivity contribution >= 4 is 17.5 Å². The Morgan fingerprint density at radius 1 is 0.963 bits per heavy atom. The fourth-order valence-corrected chi connectivity index (χ4v) is 3.38. The molecular weight excluding hydrogens is 338 g/mol. The number of piperazine rings is 1. The minimum absolute atomic E-state index is 0.0185. The molecule has 0 radical (unpaired) electrons. The second-order valence-electron chi connectivity index (χ2n) is 7.07. The Kier molecular flexibility index (Phi) is 6.12. The highest BCUT2D eigenvalue weighted by molar-refractivity contribution is 5.84. The molecule has 1 saturated heterocycles. The Hall–Kier alpha value is -2.82. The summed E-state index contributed by atoms with van der Waals surface area (Å²) in [5.74, 6) is -0.0596. The van der Waals surface area contributed by atoms with Crippen LogP contribution in [0.3, 0.4) is 0 Å². The Morgan fingerprint density at radius 2 is 1.67 bits per heavy atom. The molecule has 0 aromatic heterocycles. The highest BCUT2D eigenvalue weighted by Crippen LogP contribution is 2.18. The molecule has 1 heterocycles. The Balaban J connectivity index is 1.55. The van der Waals surface area contributed by atoms with Gasteiger partial charge in [-0.1, -0.05) is 42.5 Å². The standard InChI is InChI=1S/C22H27N3O2/c1-18-7-6-10-21(15-18)23-11-13-24(14-12-23)22(27)17-25(19(2)26)16-20-8-4-3-5-9-20/h3-10,15H,11-14,16-17H2,1-2H3. The van der Waals surface area contributed by atoms with Crippen LogP contribution >= 0.6 is 0 Å². The third-order valence-corrected chi connectivity index (χ3v) is 4.99. The predicted molar refractivity (Wildman–Crippen MR) is 108 cm³/mol. The quantitative estimate of drug-likeness (QED) is 0.818. The number of benzene rings is 2. The SMILES string of the molecule is CC(=O)N(CC(=O)N1CCN(c2cccc(C)c2)CC1)Cc1ccccc1. The van der Waals surface area contributed by atoms with E-state index in [1.54, 1.807) is 4.90 Å². The van der Waals surface area contributed by atoms with E-state index in [9.17, 15) is 9.59 Å². The van der Waals surface area contributed by atoms with Crippen LogP contribution < -0.4 is 4.90 Å². The fourth-order valence-electron chi connectivity index (χ4n) is 3.38. The number of hydrogen-bond acceptors (Lipinski definition) is 3. The van der Waals surface area contributed by atoms with E-state index in [4.69, 9.17) is 0 Å². The van der Waals surface area contributed by atoms with Crippen LogP contribution in [0.4, 0.5) is 5.69 Å². The lowest BCUT2D eigenvalue weighted by Gasteiger charge is -2.37. The van der Waals surface area contributed by atoms with E-state index in [0.717, 1.165) is 18.7 Å². The van der Waals surface area contributed by atoms with Crippen molar-refractivity contribution in [1.29, 1.82) is 0 Å². The molecule has 5 heteroatoms. The van der Waals surface area contributed by atoms with Crippen LogP contribution in [-0.2, 0) is 16.1 Å². The number of rotatable bonds is 5. The van der Waals surface area contributed by atoms with E-state index >= 15 is 0 Å². The summed E-state index contributed by atoms with van der Waals surface area (Å²) in [6, 6.07) is 18.2. The maximum Gasteiger partial charge on any atom is 0.242 e. The molecule has 2 aromatic rings. The molecule has 0 bridgehead atoms. The third-order valence-electron chi connectivity index (χ3n) is 4.99. The van der Waals surface area contributed by atoms with Crippen molar-refractivity contribution in [3.05, 3.63) is 65.7 Å². The van der Waals surface area contributed by atoms with E-state index in [0.29, 0.717) is 19.6 Å². The number of aryl methyl sites for hydroxylation is 1. The van der Waals surface area contributed by atoms with Crippen molar-refractivity contribution in [2.24, 2.45) is 0 Å². The Labute approximate surface area is 161 Å². The van der Waals surface area contributed by atoms with Crippen LogP contribution in [0.1, 0.15) is 18.1 Å². The first kappa shape index (κ1) is 19.0. The molecule has 5 nitrogen and oxygen atoms in total. The zero-order chi connectivity index (χ0) is 19.2. The summed E-state index contributed by atoms with van der Waals surface area (Å²) in [4.78, 5) is 30.5. The van der Waals surface area contributed by atoms with Crippen molar-refractivity contribution in [3.8, 4) is 0 Å². The molecular formula is C22H27N3O2. The molecule has 1 aliphatic rings. The van der Waals surface area contributed by atoms with Crippen LogP contribution in [-0.4, -0.2) is 54.3 Å². The summed E-state index contributed by atoms with van der Waals surface area (Å²) >= 11 is 0. The normalized spacial score (nSPS) is 14.1. The van der Waals surface area contributed by atoms with Gasteiger partial charge in [0.25, 0.3) is 0 Å². The molecule has 3 rings (SSSR count). The summed E-state index contributed by atoms with van der Waals surface area (Å²) in [5, 5.41) is 0. The lowest BCUT2D eigenvalue weighted by atomic mass is 10.2. The van der Waals surface area contributed by atoms with Crippen LogP contribution in [0.25, 0.3) is 0 Å². The molecule has 0 spiro atoms. The number of amides is 2. The van der Waals surface area contributed by atoms with Gasteiger partial charge in [0.05, 0.1) is 0 Å². The minimum Gasteiger partial charge on any atom is -0.368 e. The highest BCUT2D eigenvalue weighted by Gasteiger charge is 2.24. The summed E-state index contributed by atoms with van der Waals surface area (Å²) in [5.41, 5.74) is 3.48. The van der Waals surface area contributed by atoms with Gasteiger partial charge in [0.2, 0.25) is 11.8 Å². The Bertz CT molecular complexity index is 783. The van der Waals surface area contributed by atoms with E-state index in [1.807, 2.05) is 35.2 Å². The maximum absolute atomic E-state index is 12.7. The third kappa shape index (κ3) is 5.09. The van der Waals surface area contributed by atoms with Crippen LogP contribution in [0, 0.1) is 6.92 Å². The van der Waals surface area contributed by atoms with Gasteiger partial charge in [-0.15, -0.1) is 0 Å². The van der Waals surface area contributed by atoms with E-state index in [1.165, 1.54) is 18.2 Å². The van der Waals surface area contributed by atoms with Crippen molar-refractivity contribution in [1.82, 2.24) is 9.80 Å². The van der Waals surface area contributed by atoms with Crippen LogP contribution in [0.5, 0.6) is 0 Å². The van der Waals surface area contributed by atoms with Crippen LogP contribution in [0.15, 0.2) is 54.6 Å². The molecule has 142 valence electrons. The molecule has 2 aromatic carbocycles. The maximum atomic E-state index is 12.7. The second kappa shape index (κ2) is 8.71. The molecule has 1 aliphatic heterocycles.